The molecule has 0 N–H and O–H groups in total. The predicted octanol–water partition coefficient (Wildman–Crippen LogP) is 3.69. The minimum Gasteiger partial charge on any atom is -0.465 e. The number of alkyl halides is 3. The molecule has 9 nitrogen and oxygen atoms in total. The molecule has 0 fully saturated rings. The van der Waals surface area contributed by atoms with Gasteiger partial charge in [0.25, 0.3) is 11.4 Å². The second kappa shape index (κ2) is 9.17. The molecule has 34 heavy (non-hydrogen) atoms. The Morgan fingerprint density at radius 2 is 1.85 bits per heavy atom. The van der Waals surface area contributed by atoms with Crippen LogP contribution in [0.4, 0.5) is 13.2 Å². The Hall–Kier alpha value is -4.48. The quantitative estimate of drug-likeness (QED) is 0.391. The van der Waals surface area contributed by atoms with Crippen LogP contribution in [-0.4, -0.2) is 39.4 Å². The number of rotatable bonds is 6. The zero-order valence-corrected chi connectivity index (χ0v) is 17.4. The smallest absolute Gasteiger partial charge is 0.465 e. The van der Waals surface area contributed by atoms with Crippen LogP contribution in [0.25, 0.3) is 23.0 Å². The molecule has 2 heterocycles. The van der Waals surface area contributed by atoms with Crippen LogP contribution in [0, 0.1) is 0 Å². The third-order valence-electron chi connectivity index (χ3n) is 4.54. The molecule has 0 radical (unpaired) electrons. The molecule has 0 bridgehead atoms. The lowest BCUT2D eigenvalue weighted by Gasteiger charge is -2.08. The molecule has 0 aliphatic rings. The molecule has 2 aromatic carbocycles. The van der Waals surface area contributed by atoms with Gasteiger partial charge in [-0.1, -0.05) is 17.3 Å². The van der Waals surface area contributed by atoms with E-state index in [4.69, 9.17) is 9.26 Å². The number of ether oxygens (including phenoxy) is 2. The Morgan fingerprint density at radius 3 is 2.56 bits per heavy atom. The largest absolute Gasteiger partial charge is 0.573 e. The number of esters is 1. The number of nitrogens with zero attached hydrogens (tertiary/aromatic N) is 4. The molecule has 4 rings (SSSR count). The van der Waals surface area contributed by atoms with E-state index in [0.717, 1.165) is 12.1 Å². The number of methoxy groups -OCH3 is 1. The van der Waals surface area contributed by atoms with Crippen molar-refractivity contribution < 1.29 is 32.0 Å². The predicted molar refractivity (Wildman–Crippen MR) is 111 cm³/mol. The summed E-state index contributed by atoms with van der Waals surface area (Å²) in [5.74, 6) is -0.779. The topological polar surface area (TPSA) is 109 Å². The van der Waals surface area contributed by atoms with Crippen molar-refractivity contribution in [3.8, 4) is 28.7 Å². The molecule has 0 atom stereocenters. The van der Waals surface area contributed by atoms with E-state index in [1.165, 1.54) is 36.1 Å². The van der Waals surface area contributed by atoms with Crippen molar-refractivity contribution in [1.82, 2.24) is 19.9 Å². The summed E-state index contributed by atoms with van der Waals surface area (Å²) < 4.78 is 51.9. The van der Waals surface area contributed by atoms with Gasteiger partial charge in [-0.15, -0.1) is 13.2 Å². The molecule has 2 aromatic heterocycles. The molecule has 0 aliphatic heterocycles. The first-order valence-corrected chi connectivity index (χ1v) is 9.67. The second-order valence-electron chi connectivity index (χ2n) is 6.90. The minimum atomic E-state index is -4.80. The molecule has 0 amide bonds. The Kier molecular flexibility index (Phi) is 6.13. The third kappa shape index (κ3) is 5.28. The lowest BCUT2D eigenvalue weighted by molar-refractivity contribution is -0.274. The number of benzene rings is 2. The highest BCUT2D eigenvalue weighted by atomic mass is 19.4. The van der Waals surface area contributed by atoms with E-state index < -0.39 is 17.9 Å². The first-order valence-electron chi connectivity index (χ1n) is 9.67. The average Bonchev–Trinajstić information content (AvgIpc) is 3.30. The van der Waals surface area contributed by atoms with Crippen molar-refractivity contribution >= 4 is 5.97 Å². The Balaban J connectivity index is 1.56. The number of aromatic nitrogens is 4. The maximum atomic E-state index is 12.3. The molecular weight excluding hydrogens is 457 g/mol. The number of carbonyl (C=O) groups is 1. The number of carbonyl (C=O) groups excluding carboxylic acids is 1. The standard InChI is InChI=1S/C22H15F3N4O5/c1-32-21(31)15-4-2-3-13(11-15)12-29-18(30)10-9-17(27-29)20-26-19(28-34-20)14-5-7-16(8-6-14)33-22(23,24)25/h2-11H,12H2,1H3. The molecular formula is C22H15F3N4O5. The number of halogens is 3. The number of hydrogen-bond acceptors (Lipinski definition) is 8. The van der Waals surface area contributed by atoms with Gasteiger partial charge in [0.05, 0.1) is 19.2 Å². The maximum Gasteiger partial charge on any atom is 0.573 e. The first-order chi connectivity index (χ1) is 16.2. The molecule has 0 saturated heterocycles. The van der Waals surface area contributed by atoms with Gasteiger partial charge in [0, 0.05) is 11.6 Å². The maximum absolute atomic E-state index is 12.3. The molecule has 174 valence electrons. The highest BCUT2D eigenvalue weighted by Crippen LogP contribution is 2.26. The summed E-state index contributed by atoms with van der Waals surface area (Å²) in [7, 11) is 1.27. The van der Waals surface area contributed by atoms with Gasteiger partial charge in [0.15, 0.2) is 0 Å². The van der Waals surface area contributed by atoms with E-state index in [0.29, 0.717) is 16.7 Å². The van der Waals surface area contributed by atoms with Gasteiger partial charge < -0.3 is 14.0 Å². The molecule has 0 spiro atoms. The van der Waals surface area contributed by atoms with Crippen LogP contribution in [0.15, 0.2) is 70.0 Å². The van der Waals surface area contributed by atoms with Crippen molar-refractivity contribution in [2.45, 2.75) is 12.9 Å². The summed E-state index contributed by atoms with van der Waals surface area (Å²) in [6.07, 6.45) is -4.80. The normalized spacial score (nSPS) is 11.3. The molecule has 0 saturated carbocycles. The van der Waals surface area contributed by atoms with Gasteiger partial charge in [0.2, 0.25) is 5.82 Å². The fraction of sp³-hybridized carbons (Fsp3) is 0.136. The van der Waals surface area contributed by atoms with Gasteiger partial charge in [-0.3, -0.25) is 4.79 Å². The van der Waals surface area contributed by atoms with Crippen LogP contribution in [0.1, 0.15) is 15.9 Å². The Bertz CT molecular complexity index is 1380. The van der Waals surface area contributed by atoms with E-state index in [1.54, 1.807) is 24.3 Å². The van der Waals surface area contributed by atoms with Crippen molar-refractivity contribution in [3.63, 3.8) is 0 Å². The van der Waals surface area contributed by atoms with Crippen LogP contribution >= 0.6 is 0 Å². The van der Waals surface area contributed by atoms with Gasteiger partial charge in [-0.05, 0) is 48.0 Å². The molecule has 0 aliphatic carbocycles. The Labute approximate surface area is 189 Å². The van der Waals surface area contributed by atoms with Gasteiger partial charge in [0.1, 0.15) is 11.4 Å². The van der Waals surface area contributed by atoms with E-state index in [-0.39, 0.29) is 29.7 Å². The van der Waals surface area contributed by atoms with Crippen molar-refractivity contribution in [2.24, 2.45) is 0 Å². The molecule has 0 unspecified atom stereocenters. The van der Waals surface area contributed by atoms with Crippen LogP contribution in [-0.2, 0) is 11.3 Å². The van der Waals surface area contributed by atoms with Crippen molar-refractivity contribution in [3.05, 3.63) is 82.1 Å². The van der Waals surface area contributed by atoms with Crippen molar-refractivity contribution in [1.29, 1.82) is 0 Å². The average molecular weight is 472 g/mol. The van der Waals surface area contributed by atoms with Crippen LogP contribution in [0.2, 0.25) is 0 Å². The van der Waals surface area contributed by atoms with E-state index in [2.05, 4.69) is 20.0 Å². The van der Waals surface area contributed by atoms with Gasteiger partial charge >= 0.3 is 12.3 Å². The lowest BCUT2D eigenvalue weighted by atomic mass is 10.1. The zero-order valence-electron chi connectivity index (χ0n) is 17.4. The van der Waals surface area contributed by atoms with Gasteiger partial charge in [-0.2, -0.15) is 10.1 Å². The summed E-state index contributed by atoms with van der Waals surface area (Å²) in [4.78, 5) is 28.2. The highest BCUT2D eigenvalue weighted by molar-refractivity contribution is 5.89. The highest BCUT2D eigenvalue weighted by Gasteiger charge is 2.31. The number of hydrogen-bond donors (Lipinski definition) is 0. The first kappa shape index (κ1) is 22.7. The van der Waals surface area contributed by atoms with E-state index >= 15 is 0 Å². The van der Waals surface area contributed by atoms with Crippen molar-refractivity contribution in [2.75, 3.05) is 7.11 Å². The summed E-state index contributed by atoms with van der Waals surface area (Å²) in [5, 5.41) is 8.06. The summed E-state index contributed by atoms with van der Waals surface area (Å²) in [6.45, 7) is 0.0686. The fourth-order valence-electron chi connectivity index (χ4n) is 3.01. The SMILES string of the molecule is COC(=O)c1cccc(Cn2nc(-c3nc(-c4ccc(OC(F)(F)F)cc4)no3)ccc2=O)c1. The van der Waals surface area contributed by atoms with E-state index in [9.17, 15) is 22.8 Å². The summed E-state index contributed by atoms with van der Waals surface area (Å²) >= 11 is 0. The molecule has 12 heteroatoms. The van der Waals surface area contributed by atoms with Crippen LogP contribution in [0.3, 0.4) is 0 Å². The summed E-state index contributed by atoms with van der Waals surface area (Å²) in [6, 6.07) is 14.2. The third-order valence-corrected chi connectivity index (χ3v) is 4.54. The summed E-state index contributed by atoms with van der Waals surface area (Å²) in [5.41, 5.74) is 1.17. The monoisotopic (exact) mass is 472 g/mol. The molecule has 4 aromatic rings. The van der Waals surface area contributed by atoms with Crippen LogP contribution in [0.5, 0.6) is 5.75 Å². The van der Waals surface area contributed by atoms with Crippen LogP contribution < -0.4 is 10.3 Å². The fourth-order valence-corrected chi connectivity index (χ4v) is 3.01. The Morgan fingerprint density at radius 1 is 1.09 bits per heavy atom. The van der Waals surface area contributed by atoms with E-state index in [1.807, 2.05) is 0 Å². The second-order valence-corrected chi connectivity index (χ2v) is 6.90. The minimum absolute atomic E-state index is 0.00248. The zero-order chi connectivity index (χ0) is 24.3. The lowest BCUT2D eigenvalue weighted by Crippen LogP contribution is -2.23. The van der Waals surface area contributed by atoms with Gasteiger partial charge in [-0.25, -0.2) is 9.48 Å².